The highest BCUT2D eigenvalue weighted by Crippen LogP contribution is 2.23. The zero-order valence-electron chi connectivity index (χ0n) is 13.3. The Balaban J connectivity index is 1.89. The molecule has 2 aromatic carbocycles. The molecule has 0 unspecified atom stereocenters. The average molecular weight is 311 g/mol. The third kappa shape index (κ3) is 5.14. The molecule has 0 saturated heterocycles. The molecule has 0 aromatic heterocycles. The number of aromatic hydroxyl groups is 2. The second kappa shape index (κ2) is 7.98. The molecule has 0 atom stereocenters. The van der Waals surface area contributed by atoms with E-state index < -0.39 is 0 Å². The quantitative estimate of drug-likeness (QED) is 0.450. The minimum atomic E-state index is 0.0247. The number of phenols is 2. The molecule has 23 heavy (non-hydrogen) atoms. The molecule has 3 N–H and O–H groups in total. The zero-order chi connectivity index (χ0) is 16.7. The van der Waals surface area contributed by atoms with E-state index >= 15 is 0 Å². The van der Waals surface area contributed by atoms with Crippen molar-refractivity contribution in [1.29, 1.82) is 0 Å². The third-order valence-corrected chi connectivity index (χ3v) is 3.27. The first-order valence-electron chi connectivity index (χ1n) is 7.43. The van der Waals surface area contributed by atoms with Gasteiger partial charge in [0, 0.05) is 23.0 Å². The molecule has 0 amide bonds. The van der Waals surface area contributed by atoms with Gasteiger partial charge in [-0.3, -0.25) is 9.98 Å². The van der Waals surface area contributed by atoms with Gasteiger partial charge in [-0.25, -0.2) is 0 Å². The van der Waals surface area contributed by atoms with E-state index in [0.717, 1.165) is 11.5 Å². The predicted octanol–water partition coefficient (Wildman–Crippen LogP) is 3.44. The first kappa shape index (κ1) is 16.5. The Morgan fingerprint density at radius 2 is 1.65 bits per heavy atom. The number of anilines is 1. The average Bonchev–Trinajstić information content (AvgIpc) is 2.52. The summed E-state index contributed by atoms with van der Waals surface area (Å²) in [5.74, 6) is 0.888. The summed E-state index contributed by atoms with van der Waals surface area (Å²) >= 11 is 0. The highest BCUT2D eigenvalue weighted by atomic mass is 16.3. The van der Waals surface area contributed by atoms with Crippen LogP contribution in [0.15, 0.2) is 58.5 Å². The third-order valence-electron chi connectivity index (χ3n) is 3.27. The maximum absolute atomic E-state index is 9.79. The number of para-hydroxylation sites is 1. The van der Waals surface area contributed by atoms with Gasteiger partial charge in [0.1, 0.15) is 11.5 Å². The lowest BCUT2D eigenvalue weighted by Gasteiger charge is -2.06. The van der Waals surface area contributed by atoms with E-state index in [1.165, 1.54) is 12.1 Å². The smallest absolute Gasteiger partial charge is 0.128 e. The lowest BCUT2D eigenvalue weighted by molar-refractivity contribution is 0.450. The van der Waals surface area contributed by atoms with Gasteiger partial charge in [0.25, 0.3) is 0 Å². The summed E-state index contributed by atoms with van der Waals surface area (Å²) in [6.07, 6.45) is 0. The summed E-state index contributed by atoms with van der Waals surface area (Å²) in [5, 5.41) is 22.3. The molecule has 0 aliphatic rings. The van der Waals surface area contributed by atoms with Gasteiger partial charge in [-0.05, 0) is 38.1 Å². The first-order chi connectivity index (χ1) is 11.1. The predicted molar refractivity (Wildman–Crippen MR) is 94.9 cm³/mol. The highest BCUT2D eigenvalue weighted by Gasteiger charge is 2.04. The van der Waals surface area contributed by atoms with Crippen LogP contribution in [0.3, 0.4) is 0 Å². The molecule has 5 nitrogen and oxygen atoms in total. The molecule has 0 radical (unpaired) electrons. The number of rotatable bonds is 5. The highest BCUT2D eigenvalue weighted by molar-refractivity contribution is 6.01. The van der Waals surface area contributed by atoms with Crippen LogP contribution in [0.4, 0.5) is 5.69 Å². The Labute approximate surface area is 136 Å². The van der Waals surface area contributed by atoms with Gasteiger partial charge in [0.15, 0.2) is 0 Å². The van der Waals surface area contributed by atoms with Crippen molar-refractivity contribution in [2.24, 2.45) is 9.98 Å². The van der Waals surface area contributed by atoms with Crippen molar-refractivity contribution < 1.29 is 10.2 Å². The van der Waals surface area contributed by atoms with Crippen LogP contribution in [-0.2, 0) is 0 Å². The van der Waals surface area contributed by atoms with Crippen molar-refractivity contribution in [2.45, 2.75) is 13.8 Å². The van der Waals surface area contributed by atoms with E-state index in [1.54, 1.807) is 6.07 Å². The van der Waals surface area contributed by atoms with Gasteiger partial charge in [-0.1, -0.05) is 18.2 Å². The lowest BCUT2D eigenvalue weighted by Crippen LogP contribution is -2.08. The van der Waals surface area contributed by atoms with Crippen molar-refractivity contribution in [3.05, 3.63) is 54.1 Å². The fourth-order valence-corrected chi connectivity index (χ4v) is 2.12. The topological polar surface area (TPSA) is 77.2 Å². The van der Waals surface area contributed by atoms with Crippen molar-refractivity contribution in [1.82, 2.24) is 0 Å². The van der Waals surface area contributed by atoms with E-state index in [2.05, 4.69) is 15.3 Å². The summed E-state index contributed by atoms with van der Waals surface area (Å²) < 4.78 is 0. The van der Waals surface area contributed by atoms with Crippen LogP contribution in [0.5, 0.6) is 11.5 Å². The summed E-state index contributed by atoms with van der Waals surface area (Å²) in [7, 11) is 0. The molecule has 0 heterocycles. The number of benzene rings is 2. The minimum Gasteiger partial charge on any atom is -0.508 e. The number of aliphatic imine (C=N–C) groups is 2. The van der Waals surface area contributed by atoms with E-state index in [0.29, 0.717) is 24.4 Å². The Bertz CT molecular complexity index is 709. The van der Waals surface area contributed by atoms with Crippen LogP contribution in [0.25, 0.3) is 0 Å². The van der Waals surface area contributed by atoms with E-state index in [-0.39, 0.29) is 11.5 Å². The molecule has 0 bridgehead atoms. The van der Waals surface area contributed by atoms with Crippen LogP contribution in [0, 0.1) is 0 Å². The SMILES string of the molecule is CC(=NCCN=C(C)c1ccc(O)cc1O)Nc1ccccc1. The Hall–Kier alpha value is -2.82. The Morgan fingerprint density at radius 1 is 0.957 bits per heavy atom. The molecule has 120 valence electrons. The summed E-state index contributed by atoms with van der Waals surface area (Å²) in [5.41, 5.74) is 2.33. The number of hydrogen-bond donors (Lipinski definition) is 3. The maximum atomic E-state index is 9.79. The monoisotopic (exact) mass is 311 g/mol. The Morgan fingerprint density at radius 3 is 2.35 bits per heavy atom. The van der Waals surface area contributed by atoms with Gasteiger partial charge >= 0.3 is 0 Å². The van der Waals surface area contributed by atoms with Gasteiger partial charge in [0.2, 0.25) is 0 Å². The summed E-state index contributed by atoms with van der Waals surface area (Å²) in [4.78, 5) is 8.82. The molecule has 2 rings (SSSR count). The lowest BCUT2D eigenvalue weighted by atomic mass is 10.1. The number of hydrogen-bond acceptors (Lipinski definition) is 4. The maximum Gasteiger partial charge on any atom is 0.128 e. The Kier molecular flexibility index (Phi) is 5.74. The van der Waals surface area contributed by atoms with E-state index in [1.807, 2.05) is 44.2 Å². The van der Waals surface area contributed by atoms with Gasteiger partial charge in [-0.2, -0.15) is 0 Å². The fourth-order valence-electron chi connectivity index (χ4n) is 2.12. The molecule has 0 saturated carbocycles. The molecule has 2 aromatic rings. The van der Waals surface area contributed by atoms with E-state index in [4.69, 9.17) is 0 Å². The first-order valence-corrected chi connectivity index (χ1v) is 7.43. The standard InChI is InChI=1S/C18H21N3O2/c1-13(17-9-8-16(22)12-18(17)23)19-10-11-20-14(2)21-15-6-4-3-5-7-15/h3-9,12,22-23H,10-11H2,1-2H3,(H,20,21). The molecule has 0 spiro atoms. The molecule has 0 fully saturated rings. The normalized spacial score (nSPS) is 12.3. The second-order valence-corrected chi connectivity index (χ2v) is 5.13. The summed E-state index contributed by atoms with van der Waals surface area (Å²) in [6, 6.07) is 14.3. The number of amidine groups is 1. The molecule has 5 heteroatoms. The van der Waals surface area contributed by atoms with Crippen LogP contribution in [0.2, 0.25) is 0 Å². The van der Waals surface area contributed by atoms with Crippen LogP contribution in [-0.4, -0.2) is 34.8 Å². The summed E-state index contributed by atoms with van der Waals surface area (Å²) in [6.45, 7) is 4.82. The number of nitrogens with zero attached hydrogens (tertiary/aromatic N) is 2. The van der Waals surface area contributed by atoms with Gasteiger partial charge in [-0.15, -0.1) is 0 Å². The largest absolute Gasteiger partial charge is 0.508 e. The van der Waals surface area contributed by atoms with Gasteiger partial charge < -0.3 is 15.5 Å². The van der Waals surface area contributed by atoms with Gasteiger partial charge in [0.05, 0.1) is 18.9 Å². The van der Waals surface area contributed by atoms with Crippen LogP contribution < -0.4 is 5.32 Å². The van der Waals surface area contributed by atoms with Crippen molar-refractivity contribution in [3.63, 3.8) is 0 Å². The van der Waals surface area contributed by atoms with Crippen molar-refractivity contribution in [2.75, 3.05) is 18.4 Å². The van der Waals surface area contributed by atoms with Crippen molar-refractivity contribution in [3.8, 4) is 11.5 Å². The second-order valence-electron chi connectivity index (χ2n) is 5.13. The number of nitrogens with one attached hydrogen (secondary N) is 1. The van der Waals surface area contributed by atoms with Crippen LogP contribution in [0.1, 0.15) is 19.4 Å². The zero-order valence-corrected chi connectivity index (χ0v) is 13.3. The number of phenolic OH excluding ortho intramolecular Hbond substituents is 2. The molecule has 0 aliphatic carbocycles. The molecular weight excluding hydrogens is 290 g/mol. The van der Waals surface area contributed by atoms with Crippen molar-refractivity contribution >= 4 is 17.2 Å². The van der Waals surface area contributed by atoms with E-state index in [9.17, 15) is 10.2 Å². The van der Waals surface area contributed by atoms with Crippen LogP contribution >= 0.6 is 0 Å². The fraction of sp³-hybridized carbons (Fsp3) is 0.222. The minimum absolute atomic E-state index is 0.0247. The molecule has 0 aliphatic heterocycles. The molecular formula is C18H21N3O2.